The molecule has 2 aliphatic rings. The van der Waals surface area contributed by atoms with Crippen molar-refractivity contribution in [2.45, 2.75) is 38.4 Å². The summed E-state index contributed by atoms with van der Waals surface area (Å²) < 4.78 is 2.22. The highest BCUT2D eigenvalue weighted by atomic mass is 16.2. The second kappa shape index (κ2) is 6.98. The van der Waals surface area contributed by atoms with Gasteiger partial charge in [0, 0.05) is 31.2 Å². The number of carbonyl (C=O) groups excluding carboxylic acids is 1. The van der Waals surface area contributed by atoms with E-state index in [2.05, 4.69) is 31.7 Å². The first-order valence-electron chi connectivity index (χ1n) is 9.97. The van der Waals surface area contributed by atoms with Gasteiger partial charge in [-0.25, -0.2) is 0 Å². The number of pyridine rings is 1. The van der Waals surface area contributed by atoms with Crippen molar-refractivity contribution in [3.05, 3.63) is 53.7 Å². The number of amides is 1. The van der Waals surface area contributed by atoms with E-state index in [4.69, 9.17) is 0 Å². The fourth-order valence-corrected chi connectivity index (χ4v) is 4.42. The van der Waals surface area contributed by atoms with Crippen molar-refractivity contribution >= 4 is 16.8 Å². The van der Waals surface area contributed by atoms with Crippen LogP contribution in [0.5, 0.6) is 0 Å². The summed E-state index contributed by atoms with van der Waals surface area (Å²) in [4.78, 5) is 22.3. The monoisotopic (exact) mass is 376 g/mol. The van der Waals surface area contributed by atoms with E-state index >= 15 is 0 Å². The summed E-state index contributed by atoms with van der Waals surface area (Å²) in [7, 11) is 2.10. The number of likely N-dealkylation sites (N-methyl/N-ethyl adjacent to an activating group) is 1. The number of likely N-dealkylation sites (tertiary alicyclic amines) is 1. The number of hydrogen-bond acceptors (Lipinski definition) is 5. The molecule has 0 unspecified atom stereocenters. The first-order valence-corrected chi connectivity index (χ1v) is 9.97. The Morgan fingerprint density at radius 3 is 2.89 bits per heavy atom. The lowest BCUT2D eigenvalue weighted by Crippen LogP contribution is -2.41. The van der Waals surface area contributed by atoms with E-state index in [0.29, 0.717) is 5.56 Å². The van der Waals surface area contributed by atoms with Crippen molar-refractivity contribution in [2.24, 2.45) is 0 Å². The third-order valence-corrected chi connectivity index (χ3v) is 5.90. The quantitative estimate of drug-likeness (QED) is 0.688. The number of nitrogens with zero attached hydrogens (tertiary/aromatic N) is 6. The van der Waals surface area contributed by atoms with Gasteiger partial charge in [-0.1, -0.05) is 18.2 Å². The Hall–Kier alpha value is -2.80. The van der Waals surface area contributed by atoms with E-state index in [0.717, 1.165) is 68.0 Å². The summed E-state index contributed by atoms with van der Waals surface area (Å²) in [5.41, 5.74) is 1.44. The molecule has 144 valence electrons. The minimum Gasteiger partial charge on any atom is -0.328 e. The van der Waals surface area contributed by atoms with Gasteiger partial charge in [0.1, 0.15) is 5.82 Å². The van der Waals surface area contributed by atoms with Crippen LogP contribution in [0.25, 0.3) is 10.9 Å². The van der Waals surface area contributed by atoms with Gasteiger partial charge in [0.25, 0.3) is 5.91 Å². The predicted molar refractivity (Wildman–Crippen MR) is 106 cm³/mol. The maximum absolute atomic E-state index is 13.6. The summed E-state index contributed by atoms with van der Waals surface area (Å²) in [5.74, 6) is 1.97. The smallest absolute Gasteiger partial charge is 0.256 e. The van der Waals surface area contributed by atoms with Gasteiger partial charge in [-0.05, 0) is 38.4 Å². The fraction of sp³-hybridized carbons (Fsp3) is 0.429. The summed E-state index contributed by atoms with van der Waals surface area (Å²) in [6, 6.07) is 9.70. The van der Waals surface area contributed by atoms with Crippen LogP contribution in [-0.4, -0.2) is 55.6 Å². The first-order chi connectivity index (χ1) is 13.7. The summed E-state index contributed by atoms with van der Waals surface area (Å²) >= 11 is 0. The van der Waals surface area contributed by atoms with Crippen LogP contribution in [0.3, 0.4) is 0 Å². The zero-order valence-corrected chi connectivity index (χ0v) is 16.1. The Morgan fingerprint density at radius 1 is 1.07 bits per heavy atom. The molecule has 1 amide bonds. The van der Waals surface area contributed by atoms with Crippen LogP contribution in [0.2, 0.25) is 0 Å². The molecular weight excluding hydrogens is 352 g/mol. The molecule has 7 nitrogen and oxygen atoms in total. The zero-order valence-electron chi connectivity index (χ0n) is 16.1. The van der Waals surface area contributed by atoms with Crippen molar-refractivity contribution < 1.29 is 4.79 Å². The SMILES string of the molecule is CN1CCn2c(nnc2[C@@H]2CCCCN2C(=O)c2cccc3cccnc23)C1. The average Bonchev–Trinajstić information content (AvgIpc) is 3.15. The van der Waals surface area contributed by atoms with Gasteiger partial charge >= 0.3 is 0 Å². The Bertz CT molecular complexity index is 1020. The lowest BCUT2D eigenvalue weighted by Gasteiger charge is -2.36. The van der Waals surface area contributed by atoms with Gasteiger partial charge < -0.3 is 9.47 Å². The van der Waals surface area contributed by atoms with Crippen LogP contribution in [0.1, 0.15) is 47.3 Å². The number of piperidine rings is 1. The Kier molecular flexibility index (Phi) is 4.31. The van der Waals surface area contributed by atoms with Crippen LogP contribution in [0.4, 0.5) is 0 Å². The van der Waals surface area contributed by atoms with Gasteiger partial charge in [0.15, 0.2) is 5.82 Å². The van der Waals surface area contributed by atoms with E-state index in [9.17, 15) is 4.79 Å². The molecule has 1 atom stereocenters. The molecular formula is C21H24N6O. The predicted octanol–water partition coefficient (Wildman–Crippen LogP) is 2.64. The van der Waals surface area contributed by atoms with Gasteiger partial charge in [0.2, 0.25) is 0 Å². The molecule has 5 rings (SSSR count). The molecule has 1 aromatic carbocycles. The van der Waals surface area contributed by atoms with Gasteiger partial charge in [-0.3, -0.25) is 14.7 Å². The Labute approximate surface area is 164 Å². The standard InChI is InChI=1S/C21H24N6O/c1-25-12-13-27-18(14-25)23-24-20(27)17-9-2-3-11-26(17)21(28)16-8-4-6-15-7-5-10-22-19(15)16/h4-8,10,17H,2-3,9,11-14H2,1H3/t17-/m0/s1. The molecule has 0 aliphatic carbocycles. The number of para-hydroxylation sites is 1. The second-order valence-electron chi connectivity index (χ2n) is 7.75. The molecule has 7 heteroatoms. The largest absolute Gasteiger partial charge is 0.328 e. The average molecular weight is 376 g/mol. The van der Waals surface area contributed by atoms with Crippen molar-refractivity contribution in [2.75, 3.05) is 20.1 Å². The van der Waals surface area contributed by atoms with Crippen molar-refractivity contribution in [3.63, 3.8) is 0 Å². The number of fused-ring (bicyclic) bond motifs is 2. The summed E-state index contributed by atoms with van der Waals surface area (Å²) in [5, 5.41) is 9.93. The third kappa shape index (κ3) is 2.86. The van der Waals surface area contributed by atoms with Crippen LogP contribution >= 0.6 is 0 Å². The molecule has 4 heterocycles. The van der Waals surface area contributed by atoms with Crippen LogP contribution in [0, 0.1) is 0 Å². The highest BCUT2D eigenvalue weighted by molar-refractivity contribution is 6.05. The lowest BCUT2D eigenvalue weighted by molar-refractivity contribution is 0.0593. The molecule has 2 aromatic heterocycles. The van der Waals surface area contributed by atoms with Crippen LogP contribution in [-0.2, 0) is 13.1 Å². The number of carbonyl (C=O) groups is 1. The van der Waals surface area contributed by atoms with Crippen molar-refractivity contribution in [1.82, 2.24) is 29.5 Å². The molecule has 0 saturated carbocycles. The van der Waals surface area contributed by atoms with Gasteiger partial charge in [0.05, 0.1) is 23.7 Å². The van der Waals surface area contributed by atoms with Gasteiger partial charge in [-0.15, -0.1) is 10.2 Å². The molecule has 0 radical (unpaired) electrons. The maximum atomic E-state index is 13.6. The van der Waals surface area contributed by atoms with Crippen molar-refractivity contribution in [1.29, 1.82) is 0 Å². The molecule has 2 aliphatic heterocycles. The van der Waals surface area contributed by atoms with E-state index < -0.39 is 0 Å². The lowest BCUT2D eigenvalue weighted by atomic mass is 9.99. The highest BCUT2D eigenvalue weighted by Gasteiger charge is 2.34. The minimum absolute atomic E-state index is 0.0233. The molecule has 28 heavy (non-hydrogen) atoms. The molecule has 1 fully saturated rings. The fourth-order valence-electron chi connectivity index (χ4n) is 4.42. The van der Waals surface area contributed by atoms with Crippen LogP contribution in [0.15, 0.2) is 36.5 Å². The second-order valence-corrected chi connectivity index (χ2v) is 7.75. The molecule has 0 spiro atoms. The number of rotatable bonds is 2. The van der Waals surface area contributed by atoms with E-state index in [-0.39, 0.29) is 11.9 Å². The van der Waals surface area contributed by atoms with Gasteiger partial charge in [-0.2, -0.15) is 0 Å². The Morgan fingerprint density at radius 2 is 1.96 bits per heavy atom. The number of aromatic nitrogens is 4. The molecule has 0 bridgehead atoms. The Balaban J connectivity index is 1.52. The van der Waals surface area contributed by atoms with E-state index in [1.54, 1.807) is 6.20 Å². The maximum Gasteiger partial charge on any atom is 0.256 e. The first kappa shape index (κ1) is 17.3. The summed E-state index contributed by atoms with van der Waals surface area (Å²) in [6.45, 7) is 3.41. The van der Waals surface area contributed by atoms with E-state index in [1.807, 2.05) is 35.2 Å². The summed E-state index contributed by atoms with van der Waals surface area (Å²) in [6.07, 6.45) is 4.80. The highest BCUT2D eigenvalue weighted by Crippen LogP contribution is 2.33. The normalized spacial score (nSPS) is 20.3. The zero-order chi connectivity index (χ0) is 19.1. The number of benzene rings is 1. The van der Waals surface area contributed by atoms with Crippen molar-refractivity contribution in [3.8, 4) is 0 Å². The van der Waals surface area contributed by atoms with Crippen LogP contribution < -0.4 is 0 Å². The topological polar surface area (TPSA) is 67.2 Å². The molecule has 0 N–H and O–H groups in total. The third-order valence-electron chi connectivity index (χ3n) is 5.90. The molecule has 3 aromatic rings. The molecule has 1 saturated heterocycles. The van der Waals surface area contributed by atoms with E-state index in [1.165, 1.54) is 0 Å². The minimum atomic E-state index is -0.0233. The number of hydrogen-bond donors (Lipinski definition) is 0.